The summed E-state index contributed by atoms with van der Waals surface area (Å²) in [5, 5.41) is 19.3. The summed E-state index contributed by atoms with van der Waals surface area (Å²) < 4.78 is 5.29. The van der Waals surface area contributed by atoms with E-state index in [1.807, 2.05) is 0 Å². The summed E-state index contributed by atoms with van der Waals surface area (Å²) in [6.07, 6.45) is 3.13. The summed E-state index contributed by atoms with van der Waals surface area (Å²) in [4.78, 5) is 97.9. The number of carboxylic acid groups (broad SMARTS) is 1. The fourth-order valence-corrected chi connectivity index (χ4v) is 4.37. The first-order valence-corrected chi connectivity index (χ1v) is 15.5. The van der Waals surface area contributed by atoms with Gasteiger partial charge in [0.25, 0.3) is 11.8 Å². The third kappa shape index (κ3) is 14.0. The number of esters is 1. The first-order valence-electron chi connectivity index (χ1n) is 15.5. The van der Waals surface area contributed by atoms with Crippen LogP contribution in [0.15, 0.2) is 36.4 Å². The molecule has 1 aromatic rings. The highest BCUT2D eigenvalue weighted by Crippen LogP contribution is 2.18. The summed E-state index contributed by atoms with van der Waals surface area (Å²) in [5.41, 5.74) is 5.47. The second-order valence-corrected chi connectivity index (χ2v) is 12.2. The number of amides is 7. The molecule has 0 saturated heterocycles. The van der Waals surface area contributed by atoms with Gasteiger partial charge in [-0.1, -0.05) is 18.6 Å². The number of nitrogens with zero attached hydrogens (tertiary/aromatic N) is 1. The van der Waals surface area contributed by atoms with Crippen LogP contribution in [0, 0.1) is 5.41 Å². The normalized spacial score (nSPS) is 13.8. The highest BCUT2D eigenvalue weighted by molar-refractivity contribution is 6.12. The van der Waals surface area contributed by atoms with Crippen LogP contribution in [-0.2, 0) is 44.9 Å². The van der Waals surface area contributed by atoms with Gasteiger partial charge in [-0.3, -0.25) is 38.5 Å². The molecule has 0 bridgehead atoms. The zero-order valence-electron chi connectivity index (χ0n) is 27.3. The van der Waals surface area contributed by atoms with E-state index in [0.29, 0.717) is 30.5 Å². The summed E-state index contributed by atoms with van der Waals surface area (Å²) >= 11 is 0. The van der Waals surface area contributed by atoms with Crippen LogP contribution in [0.4, 0.5) is 10.5 Å². The van der Waals surface area contributed by atoms with Crippen molar-refractivity contribution >= 4 is 53.2 Å². The zero-order chi connectivity index (χ0) is 35.9. The fraction of sp³-hybridized carbons (Fsp3) is 0.500. The van der Waals surface area contributed by atoms with Gasteiger partial charge in [0.1, 0.15) is 18.7 Å². The van der Waals surface area contributed by atoms with Crippen LogP contribution in [0.25, 0.3) is 0 Å². The number of anilines is 1. The molecule has 0 saturated carbocycles. The van der Waals surface area contributed by atoms with Gasteiger partial charge in [-0.25, -0.2) is 4.79 Å². The number of rotatable bonds is 19. The molecular formula is C32H44N6O10. The summed E-state index contributed by atoms with van der Waals surface area (Å²) in [5.74, 6) is -4.65. The Morgan fingerprint density at radius 3 is 2.10 bits per heavy atom. The molecule has 16 heteroatoms. The van der Waals surface area contributed by atoms with E-state index in [4.69, 9.17) is 10.5 Å². The average Bonchev–Trinajstić information content (AvgIpc) is 3.32. The molecule has 0 spiro atoms. The van der Waals surface area contributed by atoms with Gasteiger partial charge in [-0.2, -0.15) is 0 Å². The molecule has 1 heterocycles. The second kappa shape index (κ2) is 18.8. The molecule has 0 radical (unpaired) electrons. The molecule has 1 aromatic carbocycles. The van der Waals surface area contributed by atoms with E-state index < -0.39 is 65.5 Å². The maximum Gasteiger partial charge on any atom is 0.312 e. The number of nitrogens with one attached hydrogen (secondary N) is 4. The molecule has 48 heavy (non-hydrogen) atoms. The number of imide groups is 1. The van der Waals surface area contributed by atoms with Crippen molar-refractivity contribution in [3.05, 3.63) is 42.0 Å². The zero-order valence-corrected chi connectivity index (χ0v) is 27.3. The molecule has 7 amide bonds. The largest absolute Gasteiger partial charge is 0.481 e. The Kier molecular flexibility index (Phi) is 15.2. The number of urea groups is 1. The average molecular weight is 673 g/mol. The number of aliphatic carboxylic acids is 1. The van der Waals surface area contributed by atoms with Crippen molar-refractivity contribution in [2.24, 2.45) is 11.1 Å². The van der Waals surface area contributed by atoms with E-state index in [1.165, 1.54) is 12.2 Å². The third-order valence-corrected chi connectivity index (χ3v) is 7.02. The first kappa shape index (κ1) is 38.9. The molecule has 0 aliphatic carbocycles. The number of hydrogen-bond donors (Lipinski definition) is 6. The van der Waals surface area contributed by atoms with E-state index in [-0.39, 0.29) is 44.9 Å². The van der Waals surface area contributed by atoms with Gasteiger partial charge in [0.15, 0.2) is 0 Å². The van der Waals surface area contributed by atoms with Crippen LogP contribution >= 0.6 is 0 Å². The van der Waals surface area contributed by atoms with Gasteiger partial charge in [0.05, 0.1) is 11.8 Å². The molecular weight excluding hydrogens is 628 g/mol. The molecule has 1 aliphatic rings. The van der Waals surface area contributed by atoms with Gasteiger partial charge in [0.2, 0.25) is 17.7 Å². The smallest absolute Gasteiger partial charge is 0.312 e. The minimum absolute atomic E-state index is 0.0317. The quantitative estimate of drug-likeness (QED) is 0.0694. The van der Waals surface area contributed by atoms with E-state index in [2.05, 4.69) is 21.3 Å². The number of unbranched alkanes of at least 4 members (excludes halogenated alkanes) is 2. The van der Waals surface area contributed by atoms with Crippen LogP contribution < -0.4 is 27.0 Å². The SMILES string of the molecule is CC(C)(C)C(=O)OCc1ccc(NC(=O)[C@H](CCCNC(N)=O)NC(=O)C(CC(=O)O)NC(=O)CCCCCN2C(=O)C=CC2=O)cc1. The molecule has 7 N–H and O–H groups in total. The Balaban J connectivity index is 1.99. The van der Waals surface area contributed by atoms with Crippen molar-refractivity contribution in [2.75, 3.05) is 18.4 Å². The third-order valence-electron chi connectivity index (χ3n) is 7.02. The maximum absolute atomic E-state index is 13.2. The minimum atomic E-state index is -1.49. The molecule has 1 unspecified atom stereocenters. The number of ether oxygens (including phenoxy) is 1. The van der Waals surface area contributed by atoms with Crippen LogP contribution in [0.2, 0.25) is 0 Å². The predicted octanol–water partition coefficient (Wildman–Crippen LogP) is 1.09. The Morgan fingerprint density at radius 2 is 1.52 bits per heavy atom. The molecule has 262 valence electrons. The Bertz CT molecular complexity index is 1370. The minimum Gasteiger partial charge on any atom is -0.481 e. The maximum atomic E-state index is 13.2. The van der Waals surface area contributed by atoms with Gasteiger partial charge < -0.3 is 36.8 Å². The molecule has 2 rings (SSSR count). The Labute approximate surface area is 278 Å². The van der Waals surface area contributed by atoms with Gasteiger partial charge in [0, 0.05) is 37.3 Å². The molecule has 1 aliphatic heterocycles. The van der Waals surface area contributed by atoms with Crippen molar-refractivity contribution in [1.29, 1.82) is 0 Å². The number of carbonyl (C=O) groups excluding carboxylic acids is 7. The molecule has 2 atom stereocenters. The molecule has 0 aromatic heterocycles. The number of carboxylic acids is 1. The van der Waals surface area contributed by atoms with Gasteiger partial charge >= 0.3 is 18.0 Å². The number of benzene rings is 1. The predicted molar refractivity (Wildman–Crippen MR) is 172 cm³/mol. The van der Waals surface area contributed by atoms with Crippen molar-refractivity contribution in [3.8, 4) is 0 Å². The van der Waals surface area contributed by atoms with Gasteiger partial charge in [-0.05, 0) is 64.2 Å². The highest BCUT2D eigenvalue weighted by atomic mass is 16.5. The lowest BCUT2D eigenvalue weighted by Gasteiger charge is -2.23. The van der Waals surface area contributed by atoms with Crippen molar-refractivity contribution in [3.63, 3.8) is 0 Å². The van der Waals surface area contributed by atoms with Crippen LogP contribution in [0.3, 0.4) is 0 Å². The lowest BCUT2D eigenvalue weighted by Crippen LogP contribution is -2.53. The van der Waals surface area contributed by atoms with E-state index in [0.717, 1.165) is 4.90 Å². The van der Waals surface area contributed by atoms with Crippen LogP contribution in [0.1, 0.15) is 71.3 Å². The van der Waals surface area contributed by atoms with E-state index in [1.54, 1.807) is 45.0 Å². The number of nitrogens with two attached hydrogens (primary N) is 1. The molecule has 16 nitrogen and oxygen atoms in total. The Morgan fingerprint density at radius 1 is 0.875 bits per heavy atom. The number of hydrogen-bond acceptors (Lipinski definition) is 9. The number of primary amides is 1. The summed E-state index contributed by atoms with van der Waals surface area (Å²) in [6, 6.07) is 3.02. The molecule has 0 fully saturated rings. The van der Waals surface area contributed by atoms with E-state index in [9.17, 15) is 43.5 Å². The topological polar surface area (TPSA) is 243 Å². The van der Waals surface area contributed by atoms with E-state index >= 15 is 0 Å². The van der Waals surface area contributed by atoms with Crippen molar-refractivity contribution in [2.45, 2.75) is 84.4 Å². The lowest BCUT2D eigenvalue weighted by molar-refractivity contribution is -0.154. The number of carbonyl (C=O) groups is 8. The summed E-state index contributed by atoms with van der Waals surface area (Å²) in [6.45, 7) is 5.54. The second-order valence-electron chi connectivity index (χ2n) is 12.2. The standard InChI is InChI=1S/C32H44N6O10/c1-32(2,3)30(46)48-19-20-10-12-21(13-11-20)35-28(44)22(8-7-16-34-31(33)47)37-29(45)23(18-27(42)43)36-24(39)9-5-4-6-17-38-25(40)14-15-26(38)41/h10-15,22-23H,4-9,16-19H2,1-3H3,(H,35,44)(H,36,39)(H,37,45)(H,42,43)(H3,33,34,47)/t22-,23?/m0/s1. The van der Waals surface area contributed by atoms with Crippen LogP contribution in [0.5, 0.6) is 0 Å². The monoisotopic (exact) mass is 672 g/mol. The Hall–Kier alpha value is -5.28. The highest BCUT2D eigenvalue weighted by Gasteiger charge is 2.29. The first-order chi connectivity index (χ1) is 22.6. The van der Waals surface area contributed by atoms with Crippen molar-refractivity contribution < 1.29 is 48.2 Å². The summed E-state index contributed by atoms with van der Waals surface area (Å²) in [7, 11) is 0. The fourth-order valence-electron chi connectivity index (χ4n) is 4.37. The van der Waals surface area contributed by atoms with Crippen LogP contribution in [-0.4, -0.2) is 82.7 Å². The van der Waals surface area contributed by atoms with Crippen molar-refractivity contribution in [1.82, 2.24) is 20.9 Å². The lowest BCUT2D eigenvalue weighted by atomic mass is 9.97. The van der Waals surface area contributed by atoms with Gasteiger partial charge in [-0.15, -0.1) is 0 Å².